The number of hydrogen-bond acceptors (Lipinski definition) is 4. The summed E-state index contributed by atoms with van der Waals surface area (Å²) in [6.45, 7) is 4.45. The second-order valence-corrected chi connectivity index (χ2v) is 3.63. The molecular weight excluding hydrogens is 188 g/mol. The molecule has 0 amide bonds. The number of anilines is 1. The van der Waals surface area contributed by atoms with Crippen molar-refractivity contribution in [3.8, 4) is 6.07 Å². The van der Waals surface area contributed by atoms with Crippen molar-refractivity contribution in [3.63, 3.8) is 0 Å². The van der Waals surface area contributed by atoms with Crippen LogP contribution in [0.4, 0.5) is 5.82 Å². The quantitative estimate of drug-likeness (QED) is 0.799. The molecule has 1 atom stereocenters. The van der Waals surface area contributed by atoms with Gasteiger partial charge in [0.2, 0.25) is 0 Å². The number of pyridine rings is 1. The van der Waals surface area contributed by atoms with Crippen LogP contribution in [0.3, 0.4) is 0 Å². The monoisotopic (exact) mass is 204 g/mol. The highest BCUT2D eigenvalue weighted by atomic mass is 15.2. The topological polar surface area (TPSA) is 65.9 Å². The molecule has 0 radical (unpaired) electrons. The maximum absolute atomic E-state index is 8.96. The summed E-state index contributed by atoms with van der Waals surface area (Å²) in [5, 5.41) is 8.96. The van der Waals surface area contributed by atoms with Gasteiger partial charge in [0.1, 0.15) is 11.9 Å². The first kappa shape index (κ1) is 11.5. The Morgan fingerprint density at radius 1 is 1.60 bits per heavy atom. The number of nitrogens with two attached hydrogens (primary N) is 1. The number of nitriles is 1. The first-order valence-electron chi connectivity index (χ1n) is 4.90. The Balaban J connectivity index is 3.12. The fraction of sp³-hybridized carbons (Fsp3) is 0.455. The van der Waals surface area contributed by atoms with Crippen LogP contribution < -0.4 is 10.6 Å². The van der Waals surface area contributed by atoms with Crippen LogP contribution in [0.1, 0.15) is 18.2 Å². The highest BCUT2D eigenvalue weighted by Gasteiger charge is 2.13. The summed E-state index contributed by atoms with van der Waals surface area (Å²) in [6, 6.07) is 5.94. The number of nitrogens with zero attached hydrogens (tertiary/aromatic N) is 3. The van der Waals surface area contributed by atoms with E-state index in [2.05, 4.69) is 11.1 Å². The Morgan fingerprint density at radius 2 is 2.27 bits per heavy atom. The lowest BCUT2D eigenvalue weighted by Crippen LogP contribution is -2.36. The molecule has 0 saturated heterocycles. The summed E-state index contributed by atoms with van der Waals surface area (Å²) in [5.74, 6) is 0.704. The number of aromatic nitrogens is 1. The molecule has 2 N–H and O–H groups in total. The van der Waals surface area contributed by atoms with Crippen LogP contribution in [0.15, 0.2) is 12.1 Å². The van der Waals surface area contributed by atoms with Crippen LogP contribution in [0.2, 0.25) is 0 Å². The van der Waals surface area contributed by atoms with E-state index in [1.807, 2.05) is 31.9 Å². The lowest BCUT2D eigenvalue weighted by molar-refractivity contribution is 0.686. The first-order valence-corrected chi connectivity index (χ1v) is 4.90. The van der Waals surface area contributed by atoms with Crippen molar-refractivity contribution in [2.75, 3.05) is 18.5 Å². The van der Waals surface area contributed by atoms with Gasteiger partial charge in [0.05, 0.1) is 5.56 Å². The second kappa shape index (κ2) is 4.76. The molecule has 0 saturated carbocycles. The Bertz CT molecular complexity index is 381. The van der Waals surface area contributed by atoms with Crippen molar-refractivity contribution < 1.29 is 0 Å². The van der Waals surface area contributed by atoms with Gasteiger partial charge in [-0.25, -0.2) is 4.98 Å². The Labute approximate surface area is 90.3 Å². The molecule has 1 heterocycles. The van der Waals surface area contributed by atoms with E-state index >= 15 is 0 Å². The number of aryl methyl sites for hydroxylation is 1. The summed E-state index contributed by atoms with van der Waals surface area (Å²) < 4.78 is 0. The summed E-state index contributed by atoms with van der Waals surface area (Å²) >= 11 is 0. The van der Waals surface area contributed by atoms with E-state index in [-0.39, 0.29) is 6.04 Å². The van der Waals surface area contributed by atoms with E-state index in [9.17, 15) is 0 Å². The van der Waals surface area contributed by atoms with Gasteiger partial charge in [-0.15, -0.1) is 0 Å². The molecule has 80 valence electrons. The van der Waals surface area contributed by atoms with E-state index < -0.39 is 0 Å². The van der Waals surface area contributed by atoms with E-state index in [1.54, 1.807) is 6.07 Å². The lowest BCUT2D eigenvalue weighted by atomic mass is 10.2. The van der Waals surface area contributed by atoms with E-state index in [0.29, 0.717) is 17.9 Å². The van der Waals surface area contributed by atoms with Gasteiger partial charge in [-0.1, -0.05) is 0 Å². The third-order valence-electron chi connectivity index (χ3n) is 2.47. The van der Waals surface area contributed by atoms with Gasteiger partial charge in [-0.3, -0.25) is 0 Å². The summed E-state index contributed by atoms with van der Waals surface area (Å²) in [6.07, 6.45) is 0. The van der Waals surface area contributed by atoms with Gasteiger partial charge < -0.3 is 10.6 Å². The van der Waals surface area contributed by atoms with E-state index in [0.717, 1.165) is 5.69 Å². The summed E-state index contributed by atoms with van der Waals surface area (Å²) in [4.78, 5) is 6.30. The second-order valence-electron chi connectivity index (χ2n) is 3.63. The molecule has 4 nitrogen and oxygen atoms in total. The zero-order chi connectivity index (χ0) is 11.4. The predicted octanol–water partition coefficient (Wildman–Crippen LogP) is 1.05. The van der Waals surface area contributed by atoms with Crippen molar-refractivity contribution in [1.82, 2.24) is 4.98 Å². The average molecular weight is 204 g/mol. The highest BCUT2D eigenvalue weighted by Crippen LogP contribution is 2.17. The summed E-state index contributed by atoms with van der Waals surface area (Å²) in [5.41, 5.74) is 7.08. The Hall–Kier alpha value is -1.60. The normalized spacial score (nSPS) is 11.9. The number of hydrogen-bond donors (Lipinski definition) is 1. The van der Waals surface area contributed by atoms with Crippen LogP contribution >= 0.6 is 0 Å². The van der Waals surface area contributed by atoms with Crippen LogP contribution in [0.5, 0.6) is 0 Å². The molecule has 0 aliphatic carbocycles. The van der Waals surface area contributed by atoms with Crippen molar-refractivity contribution in [1.29, 1.82) is 5.26 Å². The molecule has 1 unspecified atom stereocenters. The fourth-order valence-electron chi connectivity index (χ4n) is 1.27. The van der Waals surface area contributed by atoms with Crippen molar-refractivity contribution >= 4 is 5.82 Å². The predicted molar refractivity (Wildman–Crippen MR) is 60.6 cm³/mol. The Morgan fingerprint density at radius 3 is 2.80 bits per heavy atom. The molecule has 0 aromatic carbocycles. The van der Waals surface area contributed by atoms with Gasteiger partial charge in [0.25, 0.3) is 0 Å². The van der Waals surface area contributed by atoms with Crippen LogP contribution in [0.25, 0.3) is 0 Å². The minimum absolute atomic E-state index is 0.173. The number of likely N-dealkylation sites (N-methyl/N-ethyl adjacent to an activating group) is 1. The van der Waals surface area contributed by atoms with E-state index in [4.69, 9.17) is 11.0 Å². The smallest absolute Gasteiger partial charge is 0.146 e. The third kappa shape index (κ3) is 2.45. The van der Waals surface area contributed by atoms with Crippen molar-refractivity contribution in [2.24, 2.45) is 5.73 Å². The molecule has 4 heteroatoms. The van der Waals surface area contributed by atoms with Crippen LogP contribution in [-0.4, -0.2) is 24.6 Å². The van der Waals surface area contributed by atoms with Crippen LogP contribution in [0, 0.1) is 18.3 Å². The van der Waals surface area contributed by atoms with Gasteiger partial charge in [-0.05, 0) is 26.0 Å². The van der Waals surface area contributed by atoms with Gasteiger partial charge in [0, 0.05) is 25.3 Å². The van der Waals surface area contributed by atoms with E-state index in [1.165, 1.54) is 0 Å². The van der Waals surface area contributed by atoms with Crippen LogP contribution in [-0.2, 0) is 0 Å². The molecule has 0 spiro atoms. The van der Waals surface area contributed by atoms with Crippen molar-refractivity contribution in [3.05, 3.63) is 23.4 Å². The maximum atomic E-state index is 8.96. The third-order valence-corrected chi connectivity index (χ3v) is 2.47. The van der Waals surface area contributed by atoms with Crippen molar-refractivity contribution in [2.45, 2.75) is 19.9 Å². The fourth-order valence-corrected chi connectivity index (χ4v) is 1.27. The molecule has 0 fully saturated rings. The maximum Gasteiger partial charge on any atom is 0.146 e. The molecule has 15 heavy (non-hydrogen) atoms. The largest absolute Gasteiger partial charge is 0.355 e. The number of rotatable bonds is 3. The lowest BCUT2D eigenvalue weighted by Gasteiger charge is -2.25. The molecule has 0 aliphatic rings. The zero-order valence-corrected chi connectivity index (χ0v) is 9.36. The average Bonchev–Trinajstić information content (AvgIpc) is 2.27. The molecule has 1 rings (SSSR count). The molecular formula is C11H16N4. The van der Waals surface area contributed by atoms with Gasteiger partial charge >= 0.3 is 0 Å². The molecule has 0 bridgehead atoms. The van der Waals surface area contributed by atoms with Gasteiger partial charge in [0.15, 0.2) is 0 Å². The standard InChI is InChI=1S/C11H16N4/c1-8-4-5-10(7-13)11(14-8)15(3)9(2)6-12/h4-5,9H,6,12H2,1-3H3. The minimum Gasteiger partial charge on any atom is -0.355 e. The zero-order valence-electron chi connectivity index (χ0n) is 9.36. The van der Waals surface area contributed by atoms with Gasteiger partial charge in [-0.2, -0.15) is 5.26 Å². The molecule has 0 aliphatic heterocycles. The highest BCUT2D eigenvalue weighted by molar-refractivity contribution is 5.54. The first-order chi connectivity index (χ1) is 7.10. The molecule has 1 aromatic heterocycles. The Kier molecular flexibility index (Phi) is 3.64. The molecule has 1 aromatic rings. The SMILES string of the molecule is Cc1ccc(C#N)c(N(C)C(C)CN)n1. The minimum atomic E-state index is 0.173. The summed E-state index contributed by atoms with van der Waals surface area (Å²) in [7, 11) is 1.90.